The molecule has 8 nitrogen and oxygen atoms in total. The number of aliphatic hydroxyl groups is 1. The van der Waals surface area contributed by atoms with Crippen molar-refractivity contribution in [3.63, 3.8) is 0 Å². The molecule has 0 heterocycles. The second-order valence-corrected chi connectivity index (χ2v) is 2.46. The zero-order valence-corrected chi connectivity index (χ0v) is 18.1. The molecule has 1 unspecified atom stereocenters. The van der Waals surface area contributed by atoms with Gasteiger partial charge in [0.05, 0.1) is 6.42 Å². The third-order valence-electron chi connectivity index (χ3n) is 1.28. The Balaban J connectivity index is -0.0000000720. The van der Waals surface area contributed by atoms with E-state index in [0.29, 0.717) is 0 Å². The molecule has 1 atom stereocenters. The molecule has 0 rings (SSSR count). The van der Waals surface area contributed by atoms with Crippen molar-refractivity contribution in [3.05, 3.63) is 0 Å². The molecule has 4 N–H and O–H groups in total. The Morgan fingerprint density at radius 1 is 1.06 bits per heavy atom. The van der Waals surface area contributed by atoms with Crippen LogP contribution in [0.25, 0.3) is 0 Å². The van der Waals surface area contributed by atoms with E-state index in [-0.39, 0.29) is 128 Å². The van der Waals surface area contributed by atoms with Crippen molar-refractivity contribution >= 4 is 17.9 Å². The summed E-state index contributed by atoms with van der Waals surface area (Å²) in [6.45, 7) is 0. The topological polar surface area (TPSA) is 165 Å². The molecule has 0 aromatic rings. The smallest absolute Gasteiger partial charge is 1.00 e. The van der Waals surface area contributed by atoms with Gasteiger partial charge in [-0.25, -0.2) is 4.79 Å². The first-order valence-corrected chi connectivity index (χ1v) is 3.15. The molecule has 0 amide bonds. The summed E-state index contributed by atoms with van der Waals surface area (Å²) in [5.41, 5.74) is -2.80. The molecule has 12 heteroatoms. The molecule has 0 saturated carbocycles. The molecule has 0 aliphatic carbocycles. The Morgan fingerprint density at radius 2 is 1.39 bits per heavy atom. The second-order valence-electron chi connectivity index (χ2n) is 2.46. The number of rotatable bonds is 5. The average Bonchev–Trinajstić information content (AvgIpc) is 1.82. The minimum atomic E-state index is -2.80. The molecule has 0 saturated heterocycles. The first kappa shape index (κ1) is 37.0. The SMILES string of the molecule is O=C([O-])CC(O)(CC(=O)O)C(=O)O.[Cl-].[K+].[Na+].[Na+].[OH-]. The van der Waals surface area contributed by atoms with Crippen molar-refractivity contribution < 1.29 is 163 Å². The van der Waals surface area contributed by atoms with E-state index in [9.17, 15) is 19.5 Å². The van der Waals surface area contributed by atoms with Crippen LogP contribution >= 0.6 is 0 Å². The van der Waals surface area contributed by atoms with E-state index in [1.807, 2.05) is 0 Å². The van der Waals surface area contributed by atoms with Gasteiger partial charge in [-0.15, -0.1) is 0 Å². The molecule has 0 aromatic carbocycles. The second kappa shape index (κ2) is 17.3. The van der Waals surface area contributed by atoms with E-state index in [1.54, 1.807) is 0 Å². The standard InChI is InChI=1S/C6H8O7.ClH.K.2Na.H2O/c7-3(8)1-6(13,5(11)12)2-4(9)10;;;;;/h13H,1-2H2,(H,7,8)(H,9,10)(H,11,12);1H;;;;1H2/q;;3*+1;/p-3. The molecule has 0 spiro atoms. The van der Waals surface area contributed by atoms with Crippen molar-refractivity contribution in [1.82, 2.24) is 0 Å². The molecule has 0 aromatic heterocycles. The van der Waals surface area contributed by atoms with Gasteiger partial charge in [0, 0.05) is 12.4 Å². The molecule has 0 radical (unpaired) electrons. The van der Waals surface area contributed by atoms with Crippen LogP contribution < -0.4 is 128 Å². The largest absolute Gasteiger partial charge is 1.00 e. The predicted octanol–water partition coefficient (Wildman–Crippen LogP) is -14.7. The fraction of sp³-hybridized carbons (Fsp3) is 0.500. The Bertz CT molecular complexity index is 248. The van der Waals surface area contributed by atoms with Crippen LogP contribution in [0, 0.1) is 0 Å². The van der Waals surface area contributed by atoms with Gasteiger partial charge in [-0.1, -0.05) is 0 Å². The van der Waals surface area contributed by atoms with Crippen molar-refractivity contribution in [2.75, 3.05) is 0 Å². The number of halogens is 1. The Kier molecular flexibility index (Phi) is 35.5. The molecule has 0 aliphatic heterocycles. The van der Waals surface area contributed by atoms with E-state index in [1.165, 1.54) is 0 Å². The average molecular weight is 329 g/mol. The van der Waals surface area contributed by atoms with Gasteiger partial charge in [-0.2, -0.15) is 0 Å². The molecule has 0 bridgehead atoms. The quantitative estimate of drug-likeness (QED) is 0.418. The fourth-order valence-corrected chi connectivity index (χ4v) is 0.703. The van der Waals surface area contributed by atoms with E-state index < -0.39 is 36.4 Å². The summed E-state index contributed by atoms with van der Waals surface area (Å²) >= 11 is 0. The summed E-state index contributed by atoms with van der Waals surface area (Å²) in [6.07, 6.45) is -2.44. The zero-order valence-electron chi connectivity index (χ0n) is 10.2. The van der Waals surface area contributed by atoms with Crippen LogP contribution in [0.4, 0.5) is 0 Å². The zero-order chi connectivity index (χ0) is 10.6. The van der Waals surface area contributed by atoms with E-state index in [4.69, 9.17) is 15.3 Å². The van der Waals surface area contributed by atoms with Crippen molar-refractivity contribution in [2.45, 2.75) is 18.4 Å². The molecular formula is C6H8ClKNa2O8. The Hall–Kier alpha value is 2.26. The van der Waals surface area contributed by atoms with E-state index in [2.05, 4.69) is 0 Å². The van der Waals surface area contributed by atoms with Crippen molar-refractivity contribution in [1.29, 1.82) is 0 Å². The summed E-state index contributed by atoms with van der Waals surface area (Å²) in [5, 5.41) is 35.5. The number of carbonyl (C=O) groups is 3. The van der Waals surface area contributed by atoms with Gasteiger partial charge < -0.3 is 43.1 Å². The minimum absolute atomic E-state index is 0. The molecule has 18 heavy (non-hydrogen) atoms. The maximum Gasteiger partial charge on any atom is 1.00 e. The molecule has 90 valence electrons. The number of hydrogen-bond acceptors (Lipinski definition) is 6. The predicted molar refractivity (Wildman–Crippen MR) is 36.4 cm³/mol. The monoisotopic (exact) mass is 328 g/mol. The van der Waals surface area contributed by atoms with Crippen LogP contribution in [-0.4, -0.2) is 44.3 Å². The summed E-state index contributed by atoms with van der Waals surface area (Å²) in [4.78, 5) is 30.3. The van der Waals surface area contributed by atoms with Crippen LogP contribution in [0.2, 0.25) is 0 Å². The number of aliphatic carboxylic acids is 3. The van der Waals surface area contributed by atoms with Gasteiger partial charge in [0.25, 0.3) is 0 Å². The van der Waals surface area contributed by atoms with E-state index in [0.717, 1.165) is 0 Å². The number of carbonyl (C=O) groups excluding carboxylic acids is 1. The minimum Gasteiger partial charge on any atom is -1.00 e. The fourth-order valence-electron chi connectivity index (χ4n) is 0.703. The normalized spacial score (nSPS) is 10.5. The van der Waals surface area contributed by atoms with Gasteiger partial charge >= 0.3 is 122 Å². The van der Waals surface area contributed by atoms with Gasteiger partial charge in [-0.3, -0.25) is 4.79 Å². The molecule has 0 aliphatic rings. The first-order valence-electron chi connectivity index (χ1n) is 3.15. The summed E-state index contributed by atoms with van der Waals surface area (Å²) < 4.78 is 0. The first-order chi connectivity index (χ1) is 5.78. The Labute approximate surface area is 196 Å². The van der Waals surface area contributed by atoms with Crippen LogP contribution in [0.3, 0.4) is 0 Å². The number of carboxylic acids is 3. The van der Waals surface area contributed by atoms with Crippen LogP contribution in [0.15, 0.2) is 0 Å². The van der Waals surface area contributed by atoms with Gasteiger partial charge in [0.15, 0.2) is 5.60 Å². The maximum atomic E-state index is 10.3. The maximum absolute atomic E-state index is 10.3. The molecule has 0 fully saturated rings. The molecular weight excluding hydrogens is 321 g/mol. The van der Waals surface area contributed by atoms with Gasteiger partial charge in [0.2, 0.25) is 0 Å². The van der Waals surface area contributed by atoms with E-state index >= 15 is 0 Å². The van der Waals surface area contributed by atoms with Gasteiger partial charge in [0.1, 0.15) is 0 Å². The Morgan fingerprint density at radius 3 is 1.56 bits per heavy atom. The summed E-state index contributed by atoms with van der Waals surface area (Å²) in [5.74, 6) is -5.34. The van der Waals surface area contributed by atoms with Crippen LogP contribution in [-0.2, 0) is 14.4 Å². The van der Waals surface area contributed by atoms with Crippen molar-refractivity contribution in [3.8, 4) is 0 Å². The van der Waals surface area contributed by atoms with Crippen molar-refractivity contribution in [2.24, 2.45) is 0 Å². The third-order valence-corrected chi connectivity index (χ3v) is 1.28. The van der Waals surface area contributed by atoms with Crippen LogP contribution in [0.1, 0.15) is 12.8 Å². The third kappa shape index (κ3) is 16.3. The number of carboxylic acid groups (broad SMARTS) is 3. The summed E-state index contributed by atoms with van der Waals surface area (Å²) in [7, 11) is 0. The van der Waals surface area contributed by atoms with Crippen LogP contribution in [0.5, 0.6) is 0 Å². The summed E-state index contributed by atoms with van der Waals surface area (Å²) in [6, 6.07) is 0. The van der Waals surface area contributed by atoms with Gasteiger partial charge in [-0.05, 0) is 0 Å². The number of hydrogen-bond donors (Lipinski definition) is 3.